The predicted molar refractivity (Wildman–Crippen MR) is 68.0 cm³/mol. The van der Waals surface area contributed by atoms with Crippen LogP contribution in [0.1, 0.15) is 6.42 Å². The van der Waals surface area contributed by atoms with Crippen molar-refractivity contribution < 1.29 is 0 Å². The molecule has 0 unspecified atom stereocenters. The lowest BCUT2D eigenvalue weighted by Gasteiger charge is -2.17. The summed E-state index contributed by atoms with van der Waals surface area (Å²) in [4.78, 5) is 1.91. The van der Waals surface area contributed by atoms with E-state index in [1.54, 1.807) is 0 Å². The van der Waals surface area contributed by atoms with Crippen LogP contribution in [0.2, 0.25) is 5.15 Å². The number of rotatable bonds is 3. The van der Waals surface area contributed by atoms with Crippen molar-refractivity contribution in [2.24, 2.45) is 0 Å². The molecule has 86 valence electrons. The molecule has 0 aliphatic rings. The van der Waals surface area contributed by atoms with E-state index in [1.165, 1.54) is 0 Å². The molecule has 4 nitrogen and oxygen atoms in total. The van der Waals surface area contributed by atoms with Gasteiger partial charge in [0.1, 0.15) is 0 Å². The van der Waals surface area contributed by atoms with Gasteiger partial charge in [-0.15, -0.1) is 10.2 Å². The average molecular weight is 247 g/mol. The number of halogens is 1. The monoisotopic (exact) mass is 246 g/mol. The quantitative estimate of drug-likeness (QED) is 0.836. The van der Waals surface area contributed by atoms with E-state index in [4.69, 9.17) is 16.9 Å². The molecule has 0 aliphatic heterocycles. The number of anilines is 1. The molecular formula is C12H11ClN4. The van der Waals surface area contributed by atoms with Crippen LogP contribution in [0.15, 0.2) is 24.3 Å². The summed E-state index contributed by atoms with van der Waals surface area (Å²) in [7, 11) is 1.89. The molecule has 1 aromatic carbocycles. The van der Waals surface area contributed by atoms with Gasteiger partial charge in [0.05, 0.1) is 12.5 Å². The molecule has 1 heterocycles. The Labute approximate surface area is 104 Å². The van der Waals surface area contributed by atoms with E-state index in [9.17, 15) is 0 Å². The van der Waals surface area contributed by atoms with Crippen molar-refractivity contribution in [1.82, 2.24) is 10.2 Å². The minimum Gasteiger partial charge on any atom is -0.357 e. The van der Waals surface area contributed by atoms with Crippen molar-refractivity contribution >= 4 is 28.2 Å². The first-order chi connectivity index (χ1) is 8.24. The zero-order chi connectivity index (χ0) is 12.3. The van der Waals surface area contributed by atoms with Crippen LogP contribution in [-0.4, -0.2) is 23.8 Å². The fraction of sp³-hybridized carbons (Fsp3) is 0.250. The molecule has 0 spiro atoms. The molecule has 0 N–H and O–H groups in total. The lowest BCUT2D eigenvalue weighted by atomic mass is 10.2. The number of nitrogens with zero attached hydrogens (tertiary/aromatic N) is 4. The Balaban J connectivity index is 2.48. The van der Waals surface area contributed by atoms with Gasteiger partial charge in [0.25, 0.3) is 0 Å². The second-order valence-corrected chi connectivity index (χ2v) is 4.05. The van der Waals surface area contributed by atoms with Crippen LogP contribution in [0.25, 0.3) is 10.8 Å². The summed E-state index contributed by atoms with van der Waals surface area (Å²) in [6.07, 6.45) is 0.454. The molecule has 0 saturated heterocycles. The van der Waals surface area contributed by atoms with E-state index in [0.29, 0.717) is 18.1 Å². The van der Waals surface area contributed by atoms with Gasteiger partial charge in [0.15, 0.2) is 11.0 Å². The largest absolute Gasteiger partial charge is 0.357 e. The Kier molecular flexibility index (Phi) is 3.40. The Morgan fingerprint density at radius 2 is 2.00 bits per heavy atom. The highest BCUT2D eigenvalue weighted by atomic mass is 35.5. The van der Waals surface area contributed by atoms with Crippen molar-refractivity contribution in [3.05, 3.63) is 29.4 Å². The maximum absolute atomic E-state index is 8.59. The number of hydrogen-bond acceptors (Lipinski definition) is 4. The van der Waals surface area contributed by atoms with Crippen LogP contribution >= 0.6 is 11.6 Å². The van der Waals surface area contributed by atoms with E-state index in [2.05, 4.69) is 16.3 Å². The smallest absolute Gasteiger partial charge is 0.159 e. The fourth-order valence-corrected chi connectivity index (χ4v) is 1.87. The highest BCUT2D eigenvalue weighted by Gasteiger charge is 2.10. The highest BCUT2D eigenvalue weighted by Crippen LogP contribution is 2.27. The Morgan fingerprint density at radius 1 is 1.29 bits per heavy atom. The summed E-state index contributed by atoms with van der Waals surface area (Å²) >= 11 is 5.99. The summed E-state index contributed by atoms with van der Waals surface area (Å²) in [5, 5.41) is 18.8. The minimum atomic E-state index is 0.401. The van der Waals surface area contributed by atoms with E-state index >= 15 is 0 Å². The molecule has 1 aromatic heterocycles. The molecule has 0 saturated carbocycles. The van der Waals surface area contributed by atoms with E-state index in [-0.39, 0.29) is 0 Å². The molecule has 5 heteroatoms. The maximum atomic E-state index is 8.59. The van der Waals surface area contributed by atoms with Crippen molar-refractivity contribution in [3.63, 3.8) is 0 Å². The van der Waals surface area contributed by atoms with Gasteiger partial charge in [-0.05, 0) is 0 Å². The Hall–Kier alpha value is -1.86. The summed E-state index contributed by atoms with van der Waals surface area (Å²) in [5.41, 5.74) is 0. The van der Waals surface area contributed by atoms with Crippen LogP contribution in [-0.2, 0) is 0 Å². The van der Waals surface area contributed by atoms with E-state index < -0.39 is 0 Å². The first-order valence-corrected chi connectivity index (χ1v) is 5.61. The zero-order valence-electron chi connectivity index (χ0n) is 9.39. The summed E-state index contributed by atoms with van der Waals surface area (Å²) in [5.74, 6) is 0.750. The van der Waals surface area contributed by atoms with Gasteiger partial charge in [-0.3, -0.25) is 0 Å². The summed E-state index contributed by atoms with van der Waals surface area (Å²) in [6.45, 7) is 0.622. The lowest BCUT2D eigenvalue weighted by molar-refractivity contribution is 0.867. The van der Waals surface area contributed by atoms with Crippen LogP contribution in [0.4, 0.5) is 5.82 Å². The molecule has 0 fully saturated rings. The SMILES string of the molecule is CN(CCC#N)c1nnc(Cl)c2ccccc12. The lowest BCUT2D eigenvalue weighted by Crippen LogP contribution is -2.20. The van der Waals surface area contributed by atoms with Crippen LogP contribution in [0.5, 0.6) is 0 Å². The van der Waals surface area contributed by atoms with Crippen molar-refractivity contribution in [1.29, 1.82) is 5.26 Å². The number of benzene rings is 1. The molecular weight excluding hydrogens is 236 g/mol. The number of fused-ring (bicyclic) bond motifs is 1. The van der Waals surface area contributed by atoms with Gasteiger partial charge in [-0.25, -0.2) is 0 Å². The Morgan fingerprint density at radius 3 is 2.71 bits per heavy atom. The third-order valence-electron chi connectivity index (χ3n) is 2.54. The number of aromatic nitrogens is 2. The van der Waals surface area contributed by atoms with Gasteiger partial charge in [-0.2, -0.15) is 5.26 Å². The second-order valence-electron chi connectivity index (χ2n) is 3.69. The fourth-order valence-electron chi connectivity index (χ4n) is 1.66. The van der Waals surface area contributed by atoms with E-state index in [0.717, 1.165) is 16.6 Å². The molecule has 2 aromatic rings. The minimum absolute atomic E-state index is 0.401. The van der Waals surface area contributed by atoms with Crippen LogP contribution in [0.3, 0.4) is 0 Å². The van der Waals surface area contributed by atoms with Gasteiger partial charge >= 0.3 is 0 Å². The molecule has 0 radical (unpaired) electrons. The molecule has 2 rings (SSSR count). The second kappa shape index (κ2) is 4.98. The zero-order valence-corrected chi connectivity index (χ0v) is 10.1. The molecule has 0 atom stereocenters. The molecule has 0 amide bonds. The third-order valence-corrected chi connectivity index (χ3v) is 2.82. The molecule has 17 heavy (non-hydrogen) atoms. The van der Waals surface area contributed by atoms with Gasteiger partial charge < -0.3 is 4.90 Å². The van der Waals surface area contributed by atoms with Gasteiger partial charge in [0, 0.05) is 24.4 Å². The van der Waals surface area contributed by atoms with Crippen LogP contribution in [0, 0.1) is 11.3 Å². The predicted octanol–water partition coefficient (Wildman–Crippen LogP) is 2.63. The van der Waals surface area contributed by atoms with Gasteiger partial charge in [-0.1, -0.05) is 35.9 Å². The first kappa shape index (κ1) is 11.6. The standard InChI is InChI=1S/C12H11ClN4/c1-17(8-4-7-14)12-10-6-3-2-5-9(10)11(13)15-16-12/h2-3,5-6H,4,8H2,1H3. The van der Waals surface area contributed by atoms with Crippen molar-refractivity contribution in [2.75, 3.05) is 18.5 Å². The highest BCUT2D eigenvalue weighted by molar-refractivity contribution is 6.34. The topological polar surface area (TPSA) is 52.8 Å². The first-order valence-electron chi connectivity index (χ1n) is 5.23. The summed E-state index contributed by atoms with van der Waals surface area (Å²) in [6, 6.07) is 9.82. The van der Waals surface area contributed by atoms with Gasteiger partial charge in [0.2, 0.25) is 0 Å². The summed E-state index contributed by atoms with van der Waals surface area (Å²) < 4.78 is 0. The average Bonchev–Trinajstić information content (AvgIpc) is 2.37. The van der Waals surface area contributed by atoms with Crippen molar-refractivity contribution in [3.8, 4) is 6.07 Å². The van der Waals surface area contributed by atoms with E-state index in [1.807, 2.05) is 36.2 Å². The normalized spacial score (nSPS) is 10.2. The van der Waals surface area contributed by atoms with Crippen molar-refractivity contribution in [2.45, 2.75) is 6.42 Å². The molecule has 0 aliphatic carbocycles. The number of nitriles is 1. The molecule has 0 bridgehead atoms. The third kappa shape index (κ3) is 2.29. The number of hydrogen-bond donors (Lipinski definition) is 0. The Bertz CT molecular complexity index is 576. The van der Waals surface area contributed by atoms with Crippen LogP contribution < -0.4 is 4.90 Å². The maximum Gasteiger partial charge on any atom is 0.159 e.